The minimum Gasteiger partial charge on any atom is -0.444 e. The summed E-state index contributed by atoms with van der Waals surface area (Å²) in [5.74, 6) is -0.143. The van der Waals surface area contributed by atoms with E-state index < -0.39 is 17.5 Å². The summed E-state index contributed by atoms with van der Waals surface area (Å²) in [6.45, 7) is 1.54. The van der Waals surface area contributed by atoms with Crippen molar-refractivity contribution in [2.24, 2.45) is 0 Å². The number of nitrogens with one attached hydrogen (secondary N) is 1. The van der Waals surface area contributed by atoms with Gasteiger partial charge < -0.3 is 9.73 Å². The predicted octanol–water partition coefficient (Wildman–Crippen LogP) is 5.27. The van der Waals surface area contributed by atoms with E-state index in [-0.39, 0.29) is 11.6 Å². The first-order valence-corrected chi connectivity index (χ1v) is 9.72. The summed E-state index contributed by atoms with van der Waals surface area (Å²) >= 11 is 18.4. The topological polar surface area (TPSA) is 75.4 Å². The lowest BCUT2D eigenvalue weighted by atomic mass is 9.92. The van der Waals surface area contributed by atoms with Gasteiger partial charge in [-0.15, -0.1) is 0 Å². The van der Waals surface area contributed by atoms with E-state index in [1.807, 2.05) is 6.07 Å². The largest absolute Gasteiger partial charge is 0.444 e. The molecule has 1 N–H and O–H groups in total. The zero-order chi connectivity index (χ0) is 20.8. The van der Waals surface area contributed by atoms with Gasteiger partial charge in [-0.05, 0) is 31.2 Å². The molecule has 9 heteroatoms. The van der Waals surface area contributed by atoms with Gasteiger partial charge in [-0.3, -0.25) is 9.69 Å². The van der Waals surface area contributed by atoms with Crippen LogP contribution in [-0.4, -0.2) is 21.8 Å². The number of nitrogens with zero attached hydrogens (tertiary/aromatic N) is 2. The molecule has 1 unspecified atom stereocenters. The van der Waals surface area contributed by atoms with Crippen LogP contribution in [0.25, 0.3) is 11.5 Å². The third-order valence-electron chi connectivity index (χ3n) is 4.72. The zero-order valence-corrected chi connectivity index (χ0v) is 17.3. The van der Waals surface area contributed by atoms with Crippen LogP contribution in [0.5, 0.6) is 0 Å². The summed E-state index contributed by atoms with van der Waals surface area (Å²) in [5.41, 5.74) is 0.181. The molecule has 1 fully saturated rings. The second-order valence-corrected chi connectivity index (χ2v) is 7.95. The van der Waals surface area contributed by atoms with Crippen LogP contribution in [0.2, 0.25) is 15.1 Å². The number of benzene rings is 2. The van der Waals surface area contributed by atoms with E-state index in [0.717, 1.165) is 4.90 Å². The van der Waals surface area contributed by atoms with E-state index in [4.69, 9.17) is 39.2 Å². The van der Waals surface area contributed by atoms with Gasteiger partial charge in [0.2, 0.25) is 5.89 Å². The number of oxazole rings is 1. The summed E-state index contributed by atoms with van der Waals surface area (Å²) in [7, 11) is 0. The number of halogens is 3. The molecule has 0 radical (unpaired) electrons. The molecule has 0 bridgehead atoms. The molecule has 0 saturated carbocycles. The Morgan fingerprint density at radius 3 is 2.59 bits per heavy atom. The van der Waals surface area contributed by atoms with Gasteiger partial charge in [-0.2, -0.15) is 0 Å². The van der Waals surface area contributed by atoms with Crippen molar-refractivity contribution in [3.05, 3.63) is 75.1 Å². The molecular formula is C20H14Cl3N3O3. The minimum atomic E-state index is -1.31. The van der Waals surface area contributed by atoms with E-state index >= 15 is 0 Å². The van der Waals surface area contributed by atoms with Crippen molar-refractivity contribution in [3.8, 4) is 11.5 Å². The Kier molecular flexibility index (Phi) is 5.02. The average molecular weight is 451 g/mol. The van der Waals surface area contributed by atoms with Crippen molar-refractivity contribution >= 4 is 46.7 Å². The number of carbonyl (C=O) groups is 2. The molecule has 4 rings (SSSR count). The molecule has 148 valence electrons. The fourth-order valence-electron chi connectivity index (χ4n) is 3.22. The number of carbonyl (C=O) groups excluding carboxylic acids is 2. The standard InChI is InChI=1S/C20H14Cl3N3O3/c1-20(14-7-6-11(21)8-16(14)23)18(27)26(19(28)25-20)9-12-10-29-17(24-12)13-4-2-3-5-15(13)22/h2-8,10H,9H2,1H3,(H,25,28). The summed E-state index contributed by atoms with van der Waals surface area (Å²) in [6.07, 6.45) is 1.39. The molecule has 3 aromatic rings. The number of imide groups is 1. The van der Waals surface area contributed by atoms with Crippen LogP contribution in [0.15, 0.2) is 53.1 Å². The Balaban J connectivity index is 1.60. The lowest BCUT2D eigenvalue weighted by Gasteiger charge is -2.23. The van der Waals surface area contributed by atoms with Gasteiger partial charge >= 0.3 is 6.03 Å². The number of hydrogen-bond acceptors (Lipinski definition) is 4. The van der Waals surface area contributed by atoms with Gasteiger partial charge in [0.05, 0.1) is 22.8 Å². The molecule has 3 amide bonds. The molecular weight excluding hydrogens is 437 g/mol. The van der Waals surface area contributed by atoms with Crippen LogP contribution in [0.1, 0.15) is 18.2 Å². The van der Waals surface area contributed by atoms with E-state index in [1.54, 1.807) is 37.3 Å². The molecule has 0 spiro atoms. The van der Waals surface area contributed by atoms with Crippen LogP contribution in [0.4, 0.5) is 4.79 Å². The molecule has 2 aromatic carbocycles. The lowest BCUT2D eigenvalue weighted by Crippen LogP contribution is -2.41. The van der Waals surface area contributed by atoms with Crippen molar-refractivity contribution in [3.63, 3.8) is 0 Å². The smallest absolute Gasteiger partial charge is 0.325 e. The van der Waals surface area contributed by atoms with Gasteiger partial charge in [-0.1, -0.05) is 53.0 Å². The zero-order valence-electron chi connectivity index (χ0n) is 15.1. The maximum absolute atomic E-state index is 13.1. The number of aromatic nitrogens is 1. The van der Waals surface area contributed by atoms with Gasteiger partial charge in [0.1, 0.15) is 11.8 Å². The Bertz CT molecular complexity index is 1130. The van der Waals surface area contributed by atoms with Crippen LogP contribution in [-0.2, 0) is 16.9 Å². The van der Waals surface area contributed by atoms with Gasteiger partial charge in [0, 0.05) is 15.6 Å². The third kappa shape index (κ3) is 3.48. The van der Waals surface area contributed by atoms with Gasteiger partial charge in [0.25, 0.3) is 5.91 Å². The molecule has 29 heavy (non-hydrogen) atoms. The highest BCUT2D eigenvalue weighted by Crippen LogP contribution is 2.35. The Labute approximate surface area is 181 Å². The Morgan fingerprint density at radius 1 is 1.10 bits per heavy atom. The molecule has 2 heterocycles. The summed E-state index contributed by atoms with van der Waals surface area (Å²) < 4.78 is 5.48. The molecule has 0 aliphatic carbocycles. The molecule has 1 aromatic heterocycles. The number of rotatable bonds is 4. The summed E-state index contributed by atoms with van der Waals surface area (Å²) in [6, 6.07) is 11.3. The van der Waals surface area contributed by atoms with Gasteiger partial charge in [-0.25, -0.2) is 9.78 Å². The van der Waals surface area contributed by atoms with Crippen molar-refractivity contribution in [1.82, 2.24) is 15.2 Å². The predicted molar refractivity (Wildman–Crippen MR) is 110 cm³/mol. The summed E-state index contributed by atoms with van der Waals surface area (Å²) in [4.78, 5) is 31.0. The van der Waals surface area contributed by atoms with Crippen molar-refractivity contribution in [2.75, 3.05) is 0 Å². The maximum Gasteiger partial charge on any atom is 0.325 e. The first kappa shape index (κ1) is 19.8. The monoisotopic (exact) mass is 449 g/mol. The normalized spacial score (nSPS) is 19.0. The highest BCUT2D eigenvalue weighted by atomic mass is 35.5. The number of hydrogen-bond donors (Lipinski definition) is 1. The molecule has 1 atom stereocenters. The molecule has 1 aliphatic rings. The average Bonchev–Trinajstić information content (AvgIpc) is 3.21. The van der Waals surface area contributed by atoms with E-state index in [9.17, 15) is 9.59 Å². The first-order valence-electron chi connectivity index (χ1n) is 8.58. The molecule has 6 nitrogen and oxygen atoms in total. The highest BCUT2D eigenvalue weighted by molar-refractivity contribution is 6.35. The van der Waals surface area contributed by atoms with Crippen LogP contribution in [0.3, 0.4) is 0 Å². The minimum absolute atomic E-state index is 0.0561. The molecule has 1 aliphatic heterocycles. The Morgan fingerprint density at radius 2 is 1.86 bits per heavy atom. The van der Waals surface area contributed by atoms with Crippen molar-refractivity contribution < 1.29 is 14.0 Å². The quantitative estimate of drug-likeness (QED) is 0.550. The fourth-order valence-corrected chi connectivity index (χ4v) is 4.03. The number of urea groups is 1. The van der Waals surface area contributed by atoms with E-state index in [1.165, 1.54) is 12.3 Å². The number of amides is 3. The second-order valence-electron chi connectivity index (χ2n) is 6.69. The van der Waals surface area contributed by atoms with Crippen LogP contribution < -0.4 is 5.32 Å². The maximum atomic E-state index is 13.1. The second kappa shape index (κ2) is 7.37. The highest BCUT2D eigenvalue weighted by Gasteiger charge is 2.50. The third-order valence-corrected chi connectivity index (χ3v) is 5.60. The van der Waals surface area contributed by atoms with Crippen LogP contribution in [0, 0.1) is 0 Å². The van der Waals surface area contributed by atoms with E-state index in [2.05, 4.69) is 10.3 Å². The van der Waals surface area contributed by atoms with Gasteiger partial charge in [0.15, 0.2) is 0 Å². The first-order chi connectivity index (χ1) is 13.8. The van der Waals surface area contributed by atoms with E-state index in [0.29, 0.717) is 32.8 Å². The SMILES string of the molecule is CC1(c2ccc(Cl)cc2Cl)NC(=O)N(Cc2coc(-c3ccccc3Cl)n2)C1=O. The van der Waals surface area contributed by atoms with Crippen LogP contribution >= 0.6 is 34.8 Å². The fraction of sp³-hybridized carbons (Fsp3) is 0.150. The Hall–Kier alpha value is -2.54. The molecule has 1 saturated heterocycles. The summed E-state index contributed by atoms with van der Waals surface area (Å²) in [5, 5.41) is 3.92. The van der Waals surface area contributed by atoms with Crippen molar-refractivity contribution in [2.45, 2.75) is 19.0 Å². The lowest BCUT2D eigenvalue weighted by molar-refractivity contribution is -0.131. The van der Waals surface area contributed by atoms with Crippen molar-refractivity contribution in [1.29, 1.82) is 0 Å².